The average molecular weight is 574 g/mol. The fourth-order valence-electron chi connectivity index (χ4n) is 5.51. The van der Waals surface area contributed by atoms with Gasteiger partial charge in [0.25, 0.3) is 5.56 Å². The van der Waals surface area contributed by atoms with Crippen molar-refractivity contribution in [2.45, 2.75) is 39.5 Å². The lowest BCUT2D eigenvalue weighted by Gasteiger charge is -2.15. The van der Waals surface area contributed by atoms with Crippen LogP contribution < -0.4 is 31.1 Å². The Hall–Kier alpha value is -5.11. The molecule has 0 unspecified atom stereocenters. The highest BCUT2D eigenvalue weighted by molar-refractivity contribution is 5.79. The number of nitrogens with zero attached hydrogens (tertiary/aromatic N) is 3. The Bertz CT molecular complexity index is 2040. The van der Waals surface area contributed by atoms with E-state index in [1.807, 2.05) is 54.6 Å². The van der Waals surface area contributed by atoms with E-state index in [0.29, 0.717) is 34.4 Å². The van der Waals surface area contributed by atoms with Gasteiger partial charge in [0.2, 0.25) is 0 Å². The molecule has 3 heterocycles. The molecule has 8 heteroatoms. The van der Waals surface area contributed by atoms with Crippen LogP contribution in [0.1, 0.15) is 45.1 Å². The lowest BCUT2D eigenvalue weighted by atomic mass is 9.96. The summed E-state index contributed by atoms with van der Waals surface area (Å²) in [5.41, 5.74) is 6.88. The third-order valence-corrected chi connectivity index (χ3v) is 7.99. The first kappa shape index (κ1) is 28.0. The molecule has 3 aromatic carbocycles. The summed E-state index contributed by atoms with van der Waals surface area (Å²) in [7, 11) is 3.33. The highest BCUT2D eigenvalue weighted by Crippen LogP contribution is 2.34. The van der Waals surface area contributed by atoms with Crippen molar-refractivity contribution in [3.05, 3.63) is 111 Å². The third kappa shape index (κ3) is 5.20. The van der Waals surface area contributed by atoms with Crippen LogP contribution >= 0.6 is 0 Å². The van der Waals surface area contributed by atoms with Crippen molar-refractivity contribution in [2.75, 3.05) is 19.5 Å². The molecule has 0 aliphatic carbocycles. The zero-order valence-electron chi connectivity index (χ0n) is 25.1. The van der Waals surface area contributed by atoms with Crippen molar-refractivity contribution >= 4 is 22.7 Å². The van der Waals surface area contributed by atoms with Crippen molar-refractivity contribution in [2.24, 2.45) is 4.99 Å². The highest BCUT2D eigenvalue weighted by Gasteiger charge is 2.18. The van der Waals surface area contributed by atoms with Gasteiger partial charge in [-0.25, -0.2) is 4.99 Å². The summed E-state index contributed by atoms with van der Waals surface area (Å²) in [6.45, 7) is 6.46. The van der Waals surface area contributed by atoms with Crippen LogP contribution in [-0.2, 0) is 0 Å². The van der Waals surface area contributed by atoms with Gasteiger partial charge in [0.1, 0.15) is 17.3 Å². The van der Waals surface area contributed by atoms with Gasteiger partial charge < -0.3 is 14.8 Å². The molecule has 2 N–H and O–H groups in total. The number of pyridine rings is 1. The number of hydrogen-bond donors (Lipinski definition) is 2. The summed E-state index contributed by atoms with van der Waals surface area (Å²) in [6, 6.07) is 22.0. The fraction of sp³-hybridized carbons (Fsp3) is 0.229. The molecular formula is C35H35N5O3. The maximum atomic E-state index is 14.1. The van der Waals surface area contributed by atoms with Crippen LogP contribution in [0.25, 0.3) is 33.8 Å². The first-order valence-corrected chi connectivity index (χ1v) is 14.5. The van der Waals surface area contributed by atoms with Gasteiger partial charge >= 0.3 is 0 Å². The van der Waals surface area contributed by atoms with Gasteiger partial charge in [0, 0.05) is 16.5 Å². The molecule has 1 aliphatic heterocycles. The summed E-state index contributed by atoms with van der Waals surface area (Å²) in [5.74, 6) is 2.63. The lowest BCUT2D eigenvalue weighted by Crippen LogP contribution is -2.43. The first-order chi connectivity index (χ1) is 20.9. The molecule has 8 nitrogen and oxygen atoms in total. The Morgan fingerprint density at radius 2 is 1.84 bits per heavy atom. The molecule has 0 saturated carbocycles. The van der Waals surface area contributed by atoms with Gasteiger partial charge in [-0.15, -0.1) is 0 Å². The standard InChI is InChI=1S/C35H35N5O3/c1-6-22-10-16-28-32-30(20-36-39-32)35(41)40(34(28)38-33(22)37-25-12-14-27(42-4)15-13-25)26-9-7-8-24(18-26)29-19-23(21(2)3)11-17-31(29)43-5/h7-9,11-21,37H,6,10H2,1-5H3,(H,36,39). The molecule has 0 saturated heterocycles. The minimum atomic E-state index is -0.191. The summed E-state index contributed by atoms with van der Waals surface area (Å²) in [5, 5.41) is 12.1. The molecule has 2 aromatic heterocycles. The zero-order valence-corrected chi connectivity index (χ0v) is 25.1. The Labute approximate surface area is 250 Å². The second-order valence-corrected chi connectivity index (χ2v) is 10.9. The van der Waals surface area contributed by atoms with E-state index in [-0.39, 0.29) is 5.56 Å². The van der Waals surface area contributed by atoms with Gasteiger partial charge in [-0.1, -0.05) is 45.0 Å². The number of aromatic amines is 1. The number of anilines is 1. The maximum Gasteiger partial charge on any atom is 0.267 e. The summed E-state index contributed by atoms with van der Waals surface area (Å²) in [4.78, 5) is 19.3. The van der Waals surface area contributed by atoms with Crippen LogP contribution in [0.5, 0.6) is 11.5 Å². The molecule has 0 bridgehead atoms. The van der Waals surface area contributed by atoms with Crippen LogP contribution in [0.4, 0.5) is 5.69 Å². The van der Waals surface area contributed by atoms with Gasteiger partial charge in [0.05, 0.1) is 37.0 Å². The number of nitrogens with one attached hydrogen (secondary N) is 2. The molecule has 43 heavy (non-hydrogen) atoms. The van der Waals surface area contributed by atoms with E-state index in [2.05, 4.69) is 54.5 Å². The van der Waals surface area contributed by atoms with E-state index in [0.717, 1.165) is 51.3 Å². The number of ether oxygens (including phenoxy) is 2. The normalized spacial score (nSPS) is 12.9. The molecule has 218 valence electrons. The Balaban J connectivity index is 1.59. The number of methoxy groups -OCH3 is 2. The molecule has 0 fully saturated rings. The number of allylic oxidation sites excluding steroid dienone is 1. The topological polar surface area (TPSA) is 93.5 Å². The Kier molecular flexibility index (Phi) is 7.59. The number of H-pyrrole nitrogens is 1. The lowest BCUT2D eigenvalue weighted by molar-refractivity contribution is 0.415. The summed E-state index contributed by atoms with van der Waals surface area (Å²) >= 11 is 0. The van der Waals surface area contributed by atoms with Crippen LogP contribution in [0.3, 0.4) is 0 Å². The van der Waals surface area contributed by atoms with Crippen molar-refractivity contribution in [3.8, 4) is 28.3 Å². The largest absolute Gasteiger partial charge is 0.497 e. The van der Waals surface area contributed by atoms with E-state index in [1.165, 1.54) is 5.56 Å². The predicted molar refractivity (Wildman–Crippen MR) is 172 cm³/mol. The predicted octanol–water partition coefficient (Wildman–Crippen LogP) is 6.06. The smallest absolute Gasteiger partial charge is 0.267 e. The number of hydrogen-bond acceptors (Lipinski definition) is 6. The molecule has 0 amide bonds. The molecule has 6 rings (SSSR count). The number of rotatable bonds is 8. The van der Waals surface area contributed by atoms with Crippen LogP contribution in [-0.4, -0.2) is 29.0 Å². The molecule has 1 aliphatic rings. The second-order valence-electron chi connectivity index (χ2n) is 10.9. The van der Waals surface area contributed by atoms with E-state index >= 15 is 0 Å². The zero-order chi connectivity index (χ0) is 30.1. The van der Waals surface area contributed by atoms with Crippen LogP contribution in [0.15, 0.2) is 94.1 Å². The maximum absolute atomic E-state index is 14.1. The monoisotopic (exact) mass is 573 g/mol. The summed E-state index contributed by atoms with van der Waals surface area (Å²) < 4.78 is 12.8. The minimum absolute atomic E-state index is 0.191. The molecule has 5 aromatic rings. The van der Waals surface area contributed by atoms with Gasteiger partial charge in [-0.05, 0) is 84.0 Å². The van der Waals surface area contributed by atoms with Crippen molar-refractivity contribution in [3.63, 3.8) is 0 Å². The van der Waals surface area contributed by atoms with Crippen LogP contribution in [0.2, 0.25) is 0 Å². The van der Waals surface area contributed by atoms with Crippen molar-refractivity contribution in [1.29, 1.82) is 0 Å². The van der Waals surface area contributed by atoms with E-state index in [4.69, 9.17) is 14.5 Å². The molecule has 0 atom stereocenters. The van der Waals surface area contributed by atoms with E-state index in [9.17, 15) is 4.79 Å². The average Bonchev–Trinajstić information content (AvgIpc) is 3.46. The van der Waals surface area contributed by atoms with Gasteiger partial charge in [0.15, 0.2) is 5.49 Å². The first-order valence-electron chi connectivity index (χ1n) is 14.5. The second kappa shape index (κ2) is 11.6. The van der Waals surface area contributed by atoms with Crippen molar-refractivity contribution in [1.82, 2.24) is 14.8 Å². The number of aromatic nitrogens is 3. The summed E-state index contributed by atoms with van der Waals surface area (Å²) in [6.07, 6.45) is 5.20. The van der Waals surface area contributed by atoms with Gasteiger partial charge in [-0.2, -0.15) is 5.10 Å². The third-order valence-electron chi connectivity index (χ3n) is 7.99. The van der Waals surface area contributed by atoms with Crippen LogP contribution in [0, 0.1) is 0 Å². The molecule has 0 spiro atoms. The minimum Gasteiger partial charge on any atom is -0.497 e. The van der Waals surface area contributed by atoms with Crippen molar-refractivity contribution < 1.29 is 9.47 Å². The van der Waals surface area contributed by atoms with Gasteiger partial charge in [-0.3, -0.25) is 14.5 Å². The number of fused-ring (bicyclic) bond motifs is 3. The van der Waals surface area contributed by atoms with E-state index in [1.54, 1.807) is 25.0 Å². The Morgan fingerprint density at radius 3 is 2.56 bits per heavy atom. The quantitative estimate of drug-likeness (QED) is 0.235. The SMILES string of the molecule is CCC1=C(Nc2ccc(OC)cc2)N=c2c(c3[nH]ncc3c(=O)n2-c2cccc(-c3cc(C(C)C)ccc3OC)c2)=CC1. The fourth-order valence-corrected chi connectivity index (χ4v) is 5.51. The van der Waals surface area contributed by atoms with E-state index < -0.39 is 0 Å². The molecule has 0 radical (unpaired) electrons. The number of benzene rings is 3. The highest BCUT2D eigenvalue weighted by atomic mass is 16.5. The Morgan fingerprint density at radius 1 is 1.02 bits per heavy atom. The molecular weight excluding hydrogens is 538 g/mol.